The van der Waals surface area contributed by atoms with Crippen LogP contribution in [0.4, 0.5) is 0 Å². The summed E-state index contributed by atoms with van der Waals surface area (Å²) < 4.78 is 2.21. The van der Waals surface area contributed by atoms with Crippen molar-refractivity contribution in [2.75, 3.05) is 13.6 Å². The number of nitrogens with one attached hydrogen (secondary N) is 1. The first kappa shape index (κ1) is 13.4. The van der Waals surface area contributed by atoms with E-state index < -0.39 is 0 Å². The van der Waals surface area contributed by atoms with E-state index in [0.29, 0.717) is 6.04 Å². The molecule has 2 atom stereocenters. The molecule has 3 nitrogen and oxygen atoms in total. The molecular weight excluding hydrogens is 242 g/mol. The van der Waals surface area contributed by atoms with Crippen LogP contribution in [0.15, 0.2) is 18.3 Å². The SMILES string of the molecule is CNC(=S)N1CC[C@H](C)CC[C@@H]1c1cccn1C. The molecule has 4 heteroatoms. The Bertz CT molecular complexity index is 413. The minimum absolute atomic E-state index is 0.412. The first-order valence-electron chi connectivity index (χ1n) is 6.73. The molecule has 18 heavy (non-hydrogen) atoms. The molecule has 0 amide bonds. The molecule has 0 bridgehead atoms. The van der Waals surface area contributed by atoms with Crippen molar-refractivity contribution in [3.63, 3.8) is 0 Å². The van der Waals surface area contributed by atoms with Crippen LogP contribution in [-0.4, -0.2) is 28.2 Å². The molecule has 0 aromatic carbocycles. The van der Waals surface area contributed by atoms with Crippen molar-refractivity contribution in [1.82, 2.24) is 14.8 Å². The van der Waals surface area contributed by atoms with Gasteiger partial charge in [0.1, 0.15) is 0 Å². The Hall–Kier alpha value is -1.03. The van der Waals surface area contributed by atoms with Crippen molar-refractivity contribution in [2.24, 2.45) is 13.0 Å². The second kappa shape index (κ2) is 5.74. The maximum Gasteiger partial charge on any atom is 0.169 e. The van der Waals surface area contributed by atoms with Gasteiger partial charge in [0.15, 0.2) is 5.11 Å². The van der Waals surface area contributed by atoms with Gasteiger partial charge in [-0.2, -0.15) is 0 Å². The zero-order valence-electron chi connectivity index (χ0n) is 11.5. The van der Waals surface area contributed by atoms with Crippen LogP contribution in [0.25, 0.3) is 0 Å². The van der Waals surface area contributed by atoms with Crippen molar-refractivity contribution in [3.05, 3.63) is 24.0 Å². The van der Waals surface area contributed by atoms with Crippen LogP contribution < -0.4 is 5.32 Å². The predicted molar refractivity (Wildman–Crippen MR) is 79.5 cm³/mol. The zero-order valence-corrected chi connectivity index (χ0v) is 12.3. The van der Waals surface area contributed by atoms with Crippen LogP contribution in [0, 0.1) is 5.92 Å². The summed E-state index contributed by atoms with van der Waals surface area (Å²) >= 11 is 5.47. The average molecular weight is 265 g/mol. The molecule has 1 saturated heterocycles. The van der Waals surface area contributed by atoms with E-state index >= 15 is 0 Å². The van der Waals surface area contributed by atoms with Gasteiger partial charge in [-0.1, -0.05) is 6.92 Å². The Morgan fingerprint density at radius 2 is 2.17 bits per heavy atom. The van der Waals surface area contributed by atoms with Crippen molar-refractivity contribution in [3.8, 4) is 0 Å². The smallest absolute Gasteiger partial charge is 0.169 e. The molecule has 1 aliphatic rings. The Kier molecular flexibility index (Phi) is 4.27. The summed E-state index contributed by atoms with van der Waals surface area (Å²) in [6.07, 6.45) is 5.80. The van der Waals surface area contributed by atoms with E-state index in [4.69, 9.17) is 12.2 Å². The van der Waals surface area contributed by atoms with Crippen molar-refractivity contribution < 1.29 is 0 Å². The van der Waals surface area contributed by atoms with Gasteiger partial charge >= 0.3 is 0 Å². The van der Waals surface area contributed by atoms with Crippen LogP contribution in [0.2, 0.25) is 0 Å². The van der Waals surface area contributed by atoms with Gasteiger partial charge in [0.2, 0.25) is 0 Å². The van der Waals surface area contributed by atoms with Gasteiger partial charge in [-0.25, -0.2) is 0 Å². The fourth-order valence-corrected chi connectivity index (χ4v) is 2.99. The highest BCUT2D eigenvalue weighted by Gasteiger charge is 2.27. The molecule has 2 rings (SSSR count). The maximum atomic E-state index is 5.47. The van der Waals surface area contributed by atoms with Crippen molar-refractivity contribution in [2.45, 2.75) is 32.2 Å². The standard InChI is InChI=1S/C14H23N3S/c1-11-6-7-13(12-5-4-9-16(12)3)17(10-8-11)14(18)15-2/h4-5,9,11,13H,6-8,10H2,1-3H3,(H,15,18)/t11-,13-/m1/s1. The first-order valence-corrected chi connectivity index (χ1v) is 7.14. The number of likely N-dealkylation sites (tertiary alicyclic amines) is 1. The zero-order chi connectivity index (χ0) is 13.1. The van der Waals surface area contributed by atoms with Crippen molar-refractivity contribution >= 4 is 17.3 Å². The second-order valence-corrected chi connectivity index (χ2v) is 5.67. The molecule has 1 aliphatic heterocycles. The molecule has 1 aromatic rings. The summed E-state index contributed by atoms with van der Waals surface area (Å²) in [6, 6.07) is 4.74. The monoisotopic (exact) mass is 265 g/mol. The van der Waals surface area contributed by atoms with Gasteiger partial charge in [0.05, 0.1) is 6.04 Å². The minimum atomic E-state index is 0.412. The molecule has 1 fully saturated rings. The van der Waals surface area contributed by atoms with Crippen LogP contribution in [0.5, 0.6) is 0 Å². The molecule has 1 aromatic heterocycles. The number of hydrogen-bond donors (Lipinski definition) is 1. The molecule has 100 valence electrons. The Morgan fingerprint density at radius 3 is 2.78 bits per heavy atom. The van der Waals surface area contributed by atoms with Gasteiger partial charge in [-0.05, 0) is 49.5 Å². The van der Waals surface area contributed by atoms with Crippen LogP contribution in [0.3, 0.4) is 0 Å². The highest BCUT2D eigenvalue weighted by atomic mass is 32.1. The predicted octanol–water partition coefficient (Wildman–Crippen LogP) is 2.69. The lowest BCUT2D eigenvalue weighted by molar-refractivity contribution is 0.308. The fraction of sp³-hybridized carbons (Fsp3) is 0.643. The second-order valence-electron chi connectivity index (χ2n) is 5.28. The van der Waals surface area contributed by atoms with Crippen LogP contribution in [-0.2, 0) is 7.05 Å². The fourth-order valence-electron chi connectivity index (χ4n) is 2.77. The quantitative estimate of drug-likeness (QED) is 0.788. The van der Waals surface area contributed by atoms with E-state index in [1.165, 1.54) is 25.0 Å². The number of hydrogen-bond acceptors (Lipinski definition) is 1. The van der Waals surface area contributed by atoms with E-state index in [2.05, 4.69) is 47.1 Å². The number of aromatic nitrogens is 1. The Labute approximate surface area is 115 Å². The summed E-state index contributed by atoms with van der Waals surface area (Å²) in [4.78, 5) is 2.36. The summed E-state index contributed by atoms with van der Waals surface area (Å²) in [6.45, 7) is 3.39. The third-order valence-corrected chi connectivity index (χ3v) is 4.41. The van der Waals surface area contributed by atoms with E-state index in [9.17, 15) is 0 Å². The van der Waals surface area contributed by atoms with Gasteiger partial charge in [-0.15, -0.1) is 0 Å². The third-order valence-electron chi connectivity index (χ3n) is 3.97. The number of nitrogens with zero attached hydrogens (tertiary/aromatic N) is 2. The van der Waals surface area contributed by atoms with E-state index in [0.717, 1.165) is 17.6 Å². The molecule has 2 heterocycles. The molecule has 0 saturated carbocycles. The molecular formula is C14H23N3S. The first-order chi connectivity index (χ1) is 8.63. The van der Waals surface area contributed by atoms with E-state index in [1.54, 1.807) is 0 Å². The Balaban J connectivity index is 2.27. The maximum absolute atomic E-state index is 5.47. The summed E-state index contributed by atoms with van der Waals surface area (Å²) in [7, 11) is 4.03. The molecule has 0 spiro atoms. The van der Waals surface area contributed by atoms with E-state index in [-0.39, 0.29) is 0 Å². The van der Waals surface area contributed by atoms with Crippen LogP contribution >= 0.6 is 12.2 Å². The average Bonchev–Trinajstić information content (AvgIpc) is 2.68. The lowest BCUT2D eigenvalue weighted by Crippen LogP contribution is -2.41. The largest absolute Gasteiger partial charge is 0.366 e. The van der Waals surface area contributed by atoms with E-state index in [1.807, 2.05) is 7.05 Å². The summed E-state index contributed by atoms with van der Waals surface area (Å²) in [5.74, 6) is 0.789. The topological polar surface area (TPSA) is 20.2 Å². The normalized spacial score (nSPS) is 24.7. The number of thiocarbonyl (C=S) groups is 1. The number of aryl methyl sites for hydroxylation is 1. The highest BCUT2D eigenvalue weighted by molar-refractivity contribution is 7.80. The number of rotatable bonds is 1. The lowest BCUT2D eigenvalue weighted by Gasteiger charge is -2.32. The third kappa shape index (κ3) is 2.69. The summed E-state index contributed by atoms with van der Waals surface area (Å²) in [5.41, 5.74) is 1.36. The summed E-state index contributed by atoms with van der Waals surface area (Å²) in [5, 5.41) is 4.01. The molecule has 1 N–H and O–H groups in total. The molecule has 0 unspecified atom stereocenters. The van der Waals surface area contributed by atoms with Gasteiger partial charge in [0, 0.05) is 32.5 Å². The lowest BCUT2D eigenvalue weighted by atomic mass is 10.0. The highest BCUT2D eigenvalue weighted by Crippen LogP contribution is 2.32. The van der Waals surface area contributed by atoms with Gasteiger partial charge < -0.3 is 14.8 Å². The van der Waals surface area contributed by atoms with Crippen molar-refractivity contribution in [1.29, 1.82) is 0 Å². The minimum Gasteiger partial charge on any atom is -0.366 e. The molecule has 0 aliphatic carbocycles. The Morgan fingerprint density at radius 1 is 1.39 bits per heavy atom. The van der Waals surface area contributed by atoms with Gasteiger partial charge in [-0.3, -0.25) is 0 Å². The molecule has 0 radical (unpaired) electrons. The van der Waals surface area contributed by atoms with Crippen LogP contribution in [0.1, 0.15) is 37.9 Å². The van der Waals surface area contributed by atoms with Gasteiger partial charge in [0.25, 0.3) is 0 Å².